The van der Waals surface area contributed by atoms with Gasteiger partial charge < -0.3 is 17.0 Å². The third-order valence-electron chi connectivity index (χ3n) is 1.64. The van der Waals surface area contributed by atoms with Crippen molar-refractivity contribution in [1.29, 1.82) is 0 Å². The molecule has 0 radical (unpaired) electrons. The van der Waals surface area contributed by atoms with Gasteiger partial charge in [0.05, 0.1) is 0 Å². The molecule has 0 amide bonds. The quantitative estimate of drug-likeness (QED) is 0.437. The minimum Gasteiger partial charge on any atom is -1.00 e. The molecule has 56 valence electrons. The van der Waals surface area contributed by atoms with Crippen molar-refractivity contribution in [3.05, 3.63) is 41.8 Å². The van der Waals surface area contributed by atoms with Gasteiger partial charge in [-0.1, -0.05) is 19.9 Å². The Bertz CT molecular complexity index is 201. The maximum absolute atomic E-state index is 3.92. The summed E-state index contributed by atoms with van der Waals surface area (Å²) in [6.45, 7) is 8.08. The molecule has 0 fully saturated rings. The van der Waals surface area contributed by atoms with Crippen LogP contribution in [0.3, 0.4) is 0 Å². The third kappa shape index (κ3) is 3.40. The summed E-state index contributed by atoms with van der Waals surface area (Å²) in [7, 11) is 0. The van der Waals surface area contributed by atoms with Gasteiger partial charge in [-0.25, -0.2) is 0 Å². The molecule has 0 spiro atoms. The van der Waals surface area contributed by atoms with Crippen LogP contribution in [-0.4, -0.2) is 0 Å². The van der Waals surface area contributed by atoms with Crippen molar-refractivity contribution in [2.75, 3.05) is 0 Å². The Morgan fingerprint density at radius 2 is 1.45 bits per heavy atom. The number of rotatable bonds is 0. The molecular formula is C9H11BrZn. The van der Waals surface area contributed by atoms with Crippen LogP contribution in [0.1, 0.15) is 16.7 Å². The van der Waals surface area contributed by atoms with Crippen molar-refractivity contribution in [3.63, 3.8) is 0 Å². The Balaban J connectivity index is 0. The zero-order chi connectivity index (χ0) is 6.85. The molecule has 0 aromatic heterocycles. The van der Waals surface area contributed by atoms with E-state index in [0.29, 0.717) is 0 Å². The maximum Gasteiger partial charge on any atom is 2.00 e. The molecule has 0 saturated heterocycles. The van der Waals surface area contributed by atoms with Crippen molar-refractivity contribution in [3.8, 4) is 0 Å². The summed E-state index contributed by atoms with van der Waals surface area (Å²) in [6, 6.07) is 6.21. The van der Waals surface area contributed by atoms with Crippen LogP contribution in [0.15, 0.2) is 18.2 Å². The monoisotopic (exact) mass is 262 g/mol. The smallest absolute Gasteiger partial charge is 1.00 e. The molecule has 1 aromatic carbocycles. The Morgan fingerprint density at radius 3 is 1.73 bits per heavy atom. The summed E-state index contributed by atoms with van der Waals surface area (Å²) < 4.78 is 0. The molecule has 0 aliphatic heterocycles. The Hall–Kier alpha value is 0.193. The molecule has 0 atom stereocenters. The molecule has 0 nitrogen and oxygen atoms in total. The molecule has 1 rings (SSSR count). The van der Waals surface area contributed by atoms with E-state index in [2.05, 4.69) is 39.0 Å². The summed E-state index contributed by atoms with van der Waals surface area (Å²) in [5.41, 5.74) is 3.71. The second-order valence-corrected chi connectivity index (χ2v) is 2.37. The van der Waals surface area contributed by atoms with Crippen molar-refractivity contribution in [2.24, 2.45) is 0 Å². The number of hydrogen-bond donors (Lipinski definition) is 0. The Morgan fingerprint density at radius 1 is 1.09 bits per heavy atom. The number of aryl methyl sites for hydroxylation is 2. The van der Waals surface area contributed by atoms with E-state index in [1.807, 2.05) is 0 Å². The zero-order valence-corrected chi connectivity index (χ0v) is 11.6. The number of benzene rings is 1. The van der Waals surface area contributed by atoms with Crippen LogP contribution < -0.4 is 17.0 Å². The first kappa shape index (κ1) is 13.8. The average Bonchev–Trinajstić information content (AvgIpc) is 1.83. The van der Waals surface area contributed by atoms with E-state index in [0.717, 1.165) is 5.56 Å². The van der Waals surface area contributed by atoms with Crippen LogP contribution in [0.4, 0.5) is 0 Å². The molecule has 0 aliphatic rings. The van der Waals surface area contributed by atoms with Crippen LogP contribution in [-0.2, 0) is 19.5 Å². The fourth-order valence-electron chi connectivity index (χ4n) is 0.849. The van der Waals surface area contributed by atoms with E-state index < -0.39 is 0 Å². The second kappa shape index (κ2) is 5.79. The van der Waals surface area contributed by atoms with Gasteiger partial charge in [0.1, 0.15) is 0 Å². The van der Waals surface area contributed by atoms with Gasteiger partial charge in [0.2, 0.25) is 0 Å². The Labute approximate surface area is 91.9 Å². The first-order valence-corrected chi connectivity index (χ1v) is 3.10. The minimum atomic E-state index is 0. The number of hydrogen-bond acceptors (Lipinski definition) is 0. The van der Waals surface area contributed by atoms with Crippen LogP contribution >= 0.6 is 0 Å². The molecular weight excluding hydrogens is 253 g/mol. The first-order chi connectivity index (χ1) is 4.22. The molecule has 0 bridgehead atoms. The van der Waals surface area contributed by atoms with E-state index in [9.17, 15) is 0 Å². The summed E-state index contributed by atoms with van der Waals surface area (Å²) in [5.74, 6) is 0. The van der Waals surface area contributed by atoms with E-state index in [-0.39, 0.29) is 36.5 Å². The van der Waals surface area contributed by atoms with Crippen molar-refractivity contribution < 1.29 is 36.5 Å². The standard InChI is InChI=1S/C9H11.BrH.Zn/c1-7-5-4-6-8(2)9(7)3;;/h4-6H,3H2,1-2H3;1H;/q-1;;+2/p-1. The normalized spacial score (nSPS) is 7.82. The van der Waals surface area contributed by atoms with E-state index >= 15 is 0 Å². The molecule has 1 aromatic rings. The average molecular weight is 264 g/mol. The van der Waals surface area contributed by atoms with Crippen LogP contribution in [0.5, 0.6) is 0 Å². The topological polar surface area (TPSA) is 0 Å². The summed E-state index contributed by atoms with van der Waals surface area (Å²) in [5, 5.41) is 0. The van der Waals surface area contributed by atoms with Gasteiger partial charge in [-0.2, -0.15) is 23.6 Å². The van der Waals surface area contributed by atoms with Gasteiger partial charge in [-0.15, -0.1) is 12.1 Å². The second-order valence-electron chi connectivity index (χ2n) is 2.37. The van der Waals surface area contributed by atoms with E-state index in [1.165, 1.54) is 11.1 Å². The van der Waals surface area contributed by atoms with Crippen molar-refractivity contribution >= 4 is 0 Å². The predicted octanol–water partition coefficient (Wildman–Crippen LogP) is -0.513. The third-order valence-corrected chi connectivity index (χ3v) is 1.64. The predicted molar refractivity (Wildman–Crippen MR) is 40.4 cm³/mol. The molecule has 0 saturated carbocycles. The minimum absolute atomic E-state index is 0. The van der Waals surface area contributed by atoms with E-state index in [1.54, 1.807) is 0 Å². The molecule has 11 heavy (non-hydrogen) atoms. The van der Waals surface area contributed by atoms with Gasteiger partial charge in [-0.3, -0.25) is 0 Å². The molecule has 2 heteroatoms. The van der Waals surface area contributed by atoms with Crippen LogP contribution in [0.25, 0.3) is 0 Å². The summed E-state index contributed by atoms with van der Waals surface area (Å²) in [6.07, 6.45) is 0. The van der Waals surface area contributed by atoms with Gasteiger partial charge in [0.25, 0.3) is 0 Å². The van der Waals surface area contributed by atoms with Gasteiger partial charge in [0, 0.05) is 0 Å². The SMILES string of the molecule is [Br-].[CH2-]c1c(C)cccc1C.[Zn+2]. The van der Waals surface area contributed by atoms with Crippen LogP contribution in [0.2, 0.25) is 0 Å². The summed E-state index contributed by atoms with van der Waals surface area (Å²) in [4.78, 5) is 0. The van der Waals surface area contributed by atoms with Gasteiger partial charge >= 0.3 is 19.5 Å². The molecule has 0 aliphatic carbocycles. The van der Waals surface area contributed by atoms with Crippen LogP contribution in [0, 0.1) is 20.8 Å². The zero-order valence-electron chi connectivity index (χ0n) is 7.02. The molecule has 0 unspecified atom stereocenters. The number of halogens is 1. The maximum atomic E-state index is 3.92. The largest absolute Gasteiger partial charge is 2.00 e. The fraction of sp³-hybridized carbons (Fsp3) is 0.222. The first-order valence-electron chi connectivity index (χ1n) is 3.10. The van der Waals surface area contributed by atoms with E-state index in [4.69, 9.17) is 0 Å². The molecule has 0 heterocycles. The van der Waals surface area contributed by atoms with Crippen molar-refractivity contribution in [2.45, 2.75) is 13.8 Å². The van der Waals surface area contributed by atoms with Crippen molar-refractivity contribution in [1.82, 2.24) is 0 Å². The molecule has 0 N–H and O–H groups in total. The fourth-order valence-corrected chi connectivity index (χ4v) is 0.849. The van der Waals surface area contributed by atoms with Gasteiger partial charge in [-0.05, 0) is 0 Å². The summed E-state index contributed by atoms with van der Waals surface area (Å²) >= 11 is 0. The Kier molecular flexibility index (Phi) is 7.25. The van der Waals surface area contributed by atoms with Gasteiger partial charge in [0.15, 0.2) is 0 Å².